The fraction of sp³-hybridized carbons (Fsp3) is 1.00. The minimum Gasteiger partial charge on any atom is -0.382 e. The van der Waals surface area contributed by atoms with Gasteiger partial charge in [-0.1, -0.05) is 0 Å². The molecule has 0 unspecified atom stereocenters. The largest absolute Gasteiger partial charge is 0.678 e. The number of hydrogen-bond acceptors (Lipinski definition) is 7. The van der Waals surface area contributed by atoms with Crippen LogP contribution in [0.1, 0.15) is 0 Å². The predicted octanol–water partition coefficient (Wildman–Crippen LogP) is 0.0574. The molecule has 7 nitrogen and oxygen atoms in total. The van der Waals surface area contributed by atoms with Crippen LogP contribution in [-0.4, -0.2) is 77.1 Å². The van der Waals surface area contributed by atoms with Crippen LogP contribution >= 0.6 is 0 Å². The summed E-state index contributed by atoms with van der Waals surface area (Å²) >= 11 is 0. The average molecular weight is 284 g/mol. The maximum absolute atomic E-state index is 5.41. The molecule has 0 aliphatic carbocycles. The van der Waals surface area contributed by atoms with Gasteiger partial charge in [0.05, 0.1) is 39.6 Å². The average Bonchev–Trinajstić information content (AvgIpc) is 2.42. The maximum Gasteiger partial charge on any atom is 0.678 e. The van der Waals surface area contributed by atoms with Crippen molar-refractivity contribution in [3.05, 3.63) is 0 Å². The van der Waals surface area contributed by atoms with Gasteiger partial charge in [0.25, 0.3) is 0 Å². The lowest BCUT2D eigenvalue weighted by Gasteiger charge is -2.22. The van der Waals surface area contributed by atoms with Crippen molar-refractivity contribution in [3.63, 3.8) is 0 Å². The molecule has 0 aromatic carbocycles. The lowest BCUT2D eigenvalue weighted by Crippen LogP contribution is -2.47. The van der Waals surface area contributed by atoms with Crippen molar-refractivity contribution >= 4 is 9.05 Å². The van der Waals surface area contributed by atoms with E-state index >= 15 is 0 Å². The number of methoxy groups -OCH3 is 1. The highest BCUT2D eigenvalue weighted by atomic mass is 28.4. The Labute approximate surface area is 110 Å². The van der Waals surface area contributed by atoms with Crippen LogP contribution in [-0.2, 0) is 31.9 Å². The molecule has 0 aromatic heterocycles. The molecule has 0 amide bonds. The molecule has 0 heterocycles. The molecule has 0 radical (unpaired) electrons. The molecule has 0 saturated heterocycles. The van der Waals surface area contributed by atoms with E-state index in [0.717, 1.165) is 0 Å². The van der Waals surface area contributed by atoms with Gasteiger partial charge in [-0.3, -0.25) is 0 Å². The van der Waals surface area contributed by atoms with Gasteiger partial charge in [0.15, 0.2) is 0 Å². The second kappa shape index (κ2) is 12.0. The van der Waals surface area contributed by atoms with Crippen molar-refractivity contribution < 1.29 is 31.9 Å². The molecule has 0 aromatic rings. The molecule has 0 saturated carbocycles. The summed E-state index contributed by atoms with van der Waals surface area (Å²) in [5, 5.41) is 0. The van der Waals surface area contributed by atoms with Gasteiger partial charge >= 0.3 is 9.05 Å². The molecule has 8 heteroatoms. The Hall–Kier alpha value is -0.0631. The highest BCUT2D eigenvalue weighted by molar-refractivity contribution is 6.53. The number of rotatable bonds is 13. The van der Waals surface area contributed by atoms with Crippen molar-refractivity contribution in [1.82, 2.24) is 0 Å². The Bertz CT molecular complexity index is 169. The molecule has 0 spiro atoms. The Kier molecular flexibility index (Phi) is 12.0. The zero-order valence-electron chi connectivity index (χ0n) is 11.6. The van der Waals surface area contributed by atoms with E-state index in [0.29, 0.717) is 39.6 Å². The highest BCUT2D eigenvalue weighted by Gasteiger charge is 2.41. The molecular weight excluding hydrogens is 260 g/mol. The van der Waals surface area contributed by atoms with Crippen molar-refractivity contribution in [2.24, 2.45) is 0 Å². The van der Waals surface area contributed by atoms with E-state index in [9.17, 15) is 0 Å². The first-order chi connectivity index (χ1) is 8.74. The lowest BCUT2D eigenvalue weighted by atomic mass is 10.7. The summed E-state index contributed by atoms with van der Waals surface area (Å²) in [5.74, 6) is 0. The minimum absolute atomic E-state index is 0.347. The topological polar surface area (TPSA) is 64.6 Å². The lowest BCUT2D eigenvalue weighted by molar-refractivity contribution is -0.0217. The fourth-order valence-electron chi connectivity index (χ4n) is 1.12. The molecule has 0 atom stereocenters. The minimum atomic E-state index is -2.93. The van der Waals surface area contributed by atoms with Crippen LogP contribution in [0.4, 0.5) is 0 Å². The van der Waals surface area contributed by atoms with Gasteiger partial charge < -0.3 is 31.9 Å². The molecule has 0 aliphatic heterocycles. The summed E-state index contributed by atoms with van der Waals surface area (Å²) in [6.07, 6.45) is 0. The Balaban J connectivity index is 3.38. The maximum atomic E-state index is 5.41. The second-order valence-corrected chi connectivity index (χ2v) is 5.69. The summed E-state index contributed by atoms with van der Waals surface area (Å²) in [4.78, 5) is 0. The first kappa shape index (κ1) is 17.9. The summed E-state index contributed by atoms with van der Waals surface area (Å²) < 4.78 is 36.0. The smallest absolute Gasteiger partial charge is 0.382 e. The highest BCUT2D eigenvalue weighted by Crippen LogP contribution is 2.07. The zero-order valence-corrected chi connectivity index (χ0v) is 12.6. The molecule has 0 fully saturated rings. The normalized spacial score (nSPS) is 12.0. The van der Waals surface area contributed by atoms with Gasteiger partial charge in [0.1, 0.15) is 0 Å². The Morgan fingerprint density at radius 2 is 1.06 bits per heavy atom. The summed E-state index contributed by atoms with van der Waals surface area (Å²) in [5.41, 5.74) is 0. The number of ether oxygens (including phenoxy) is 3. The van der Waals surface area contributed by atoms with Gasteiger partial charge in [-0.25, -0.2) is 0 Å². The van der Waals surface area contributed by atoms with Gasteiger partial charge in [0, 0.05) is 28.4 Å². The van der Waals surface area contributed by atoms with E-state index in [2.05, 4.69) is 0 Å². The van der Waals surface area contributed by atoms with Gasteiger partial charge in [0.2, 0.25) is 0 Å². The zero-order chi connectivity index (χ0) is 13.7. The standard InChI is InChI=1S/C10H24O7Si/c1-11-5-6-15-7-8-16-9-10-17-18(12-2,13-3)14-4/h5-10H2,1-4H3. The Morgan fingerprint density at radius 1 is 0.611 bits per heavy atom. The van der Waals surface area contributed by atoms with Crippen molar-refractivity contribution in [1.29, 1.82) is 0 Å². The number of hydrogen-bond donors (Lipinski definition) is 0. The van der Waals surface area contributed by atoms with Gasteiger partial charge in [-0.15, -0.1) is 0 Å². The van der Waals surface area contributed by atoms with Crippen LogP contribution in [0.5, 0.6) is 0 Å². The summed E-state index contributed by atoms with van der Waals surface area (Å²) in [7, 11) is 3.17. The van der Waals surface area contributed by atoms with E-state index in [1.54, 1.807) is 7.11 Å². The molecular formula is C10H24O7Si. The molecule has 110 valence electrons. The third-order valence-electron chi connectivity index (χ3n) is 2.06. The van der Waals surface area contributed by atoms with Crippen LogP contribution in [0.2, 0.25) is 0 Å². The van der Waals surface area contributed by atoms with Crippen molar-refractivity contribution in [2.75, 3.05) is 68.1 Å². The van der Waals surface area contributed by atoms with E-state index in [1.165, 1.54) is 21.3 Å². The molecule has 0 rings (SSSR count). The van der Waals surface area contributed by atoms with E-state index < -0.39 is 9.05 Å². The Morgan fingerprint density at radius 3 is 1.50 bits per heavy atom. The van der Waals surface area contributed by atoms with Crippen LogP contribution in [0, 0.1) is 0 Å². The molecule has 18 heavy (non-hydrogen) atoms. The molecule has 0 aliphatic rings. The predicted molar refractivity (Wildman–Crippen MR) is 66.2 cm³/mol. The molecule has 0 bridgehead atoms. The van der Waals surface area contributed by atoms with Crippen LogP contribution < -0.4 is 0 Å². The SMILES string of the molecule is COCCOCCOCCO[Si](OC)(OC)OC. The fourth-order valence-corrected chi connectivity index (χ4v) is 2.30. The van der Waals surface area contributed by atoms with Crippen LogP contribution in [0.3, 0.4) is 0 Å². The third kappa shape index (κ3) is 8.11. The third-order valence-corrected chi connectivity index (χ3v) is 4.12. The van der Waals surface area contributed by atoms with E-state index in [1.807, 2.05) is 0 Å². The second-order valence-electron chi connectivity index (χ2n) is 3.18. The monoisotopic (exact) mass is 284 g/mol. The van der Waals surface area contributed by atoms with Crippen LogP contribution in [0.15, 0.2) is 0 Å². The molecule has 0 N–H and O–H groups in total. The summed E-state index contributed by atoms with van der Waals surface area (Å²) in [6.45, 7) is 2.98. The quantitative estimate of drug-likeness (QED) is 0.350. The van der Waals surface area contributed by atoms with Gasteiger partial charge in [-0.2, -0.15) is 0 Å². The van der Waals surface area contributed by atoms with Crippen molar-refractivity contribution in [3.8, 4) is 0 Å². The van der Waals surface area contributed by atoms with Crippen molar-refractivity contribution in [2.45, 2.75) is 0 Å². The van der Waals surface area contributed by atoms with Gasteiger partial charge in [-0.05, 0) is 0 Å². The van der Waals surface area contributed by atoms with E-state index in [-0.39, 0.29) is 0 Å². The van der Waals surface area contributed by atoms with Crippen LogP contribution in [0.25, 0.3) is 0 Å². The van der Waals surface area contributed by atoms with E-state index in [4.69, 9.17) is 31.9 Å². The first-order valence-corrected chi connectivity index (χ1v) is 7.31. The first-order valence-electron chi connectivity index (χ1n) is 5.68. The summed E-state index contributed by atoms with van der Waals surface area (Å²) in [6, 6.07) is 0.